The van der Waals surface area contributed by atoms with Gasteiger partial charge in [-0.3, -0.25) is 4.79 Å². The van der Waals surface area contributed by atoms with E-state index >= 15 is 0 Å². The molecule has 2 aliphatic heterocycles. The van der Waals surface area contributed by atoms with Gasteiger partial charge in [0.05, 0.1) is 0 Å². The van der Waals surface area contributed by atoms with Gasteiger partial charge in [-0.2, -0.15) is 0 Å². The molecule has 114 valence electrons. The van der Waals surface area contributed by atoms with Crippen LogP contribution in [0.2, 0.25) is 0 Å². The number of fused-ring (bicyclic) bond motifs is 2. The van der Waals surface area contributed by atoms with Crippen molar-refractivity contribution in [3.05, 3.63) is 0 Å². The highest BCUT2D eigenvalue weighted by molar-refractivity contribution is 5.81. The molecule has 0 aromatic heterocycles. The lowest BCUT2D eigenvalue weighted by molar-refractivity contribution is -0.127. The van der Waals surface area contributed by atoms with Crippen molar-refractivity contribution in [2.24, 2.45) is 17.8 Å². The molecule has 0 amide bonds. The Morgan fingerprint density at radius 2 is 1.70 bits per heavy atom. The van der Waals surface area contributed by atoms with Gasteiger partial charge >= 0.3 is 0 Å². The summed E-state index contributed by atoms with van der Waals surface area (Å²) in [5.41, 5.74) is 0. The monoisotopic (exact) mass is 277 g/mol. The van der Waals surface area contributed by atoms with Crippen molar-refractivity contribution in [3.63, 3.8) is 0 Å². The summed E-state index contributed by atoms with van der Waals surface area (Å²) in [6, 6.07) is 1.56. The highest BCUT2D eigenvalue weighted by Gasteiger charge is 2.40. The Balaban J connectivity index is 1.56. The summed E-state index contributed by atoms with van der Waals surface area (Å²) in [6.07, 6.45) is 12.5. The zero-order chi connectivity index (χ0) is 14.1. The Morgan fingerprint density at radius 1 is 1.05 bits per heavy atom. The molecule has 3 aliphatic rings. The van der Waals surface area contributed by atoms with Crippen LogP contribution in [-0.2, 0) is 4.79 Å². The minimum absolute atomic E-state index is 0.408. The second kappa shape index (κ2) is 6.17. The lowest BCUT2D eigenvalue weighted by Gasteiger charge is -2.37. The summed E-state index contributed by atoms with van der Waals surface area (Å²) in [6.45, 7) is 2.27. The second-order valence-electron chi connectivity index (χ2n) is 7.62. The van der Waals surface area contributed by atoms with Crippen LogP contribution in [-0.4, -0.2) is 29.8 Å². The van der Waals surface area contributed by atoms with Crippen LogP contribution in [0, 0.1) is 17.8 Å². The fourth-order valence-corrected chi connectivity index (χ4v) is 5.25. The fraction of sp³-hybridized carbons (Fsp3) is 0.944. The third-order valence-electron chi connectivity index (χ3n) is 6.53. The van der Waals surface area contributed by atoms with E-state index in [1.165, 1.54) is 57.8 Å². The van der Waals surface area contributed by atoms with Crippen molar-refractivity contribution in [2.75, 3.05) is 7.05 Å². The SMILES string of the molecule is CC[C@@H]1CCCC[C@H]1C(=O)CC1C[C@H]2CC[C@@H](C1)N2C. The van der Waals surface area contributed by atoms with E-state index in [0.29, 0.717) is 23.5 Å². The summed E-state index contributed by atoms with van der Waals surface area (Å²) in [5.74, 6) is 2.41. The lowest BCUT2D eigenvalue weighted by atomic mass is 9.73. The van der Waals surface area contributed by atoms with Crippen LogP contribution < -0.4 is 0 Å². The molecular weight excluding hydrogens is 246 g/mol. The summed E-state index contributed by atoms with van der Waals surface area (Å²) >= 11 is 0. The van der Waals surface area contributed by atoms with E-state index in [-0.39, 0.29) is 0 Å². The van der Waals surface area contributed by atoms with Gasteiger partial charge in [0.25, 0.3) is 0 Å². The molecule has 2 nitrogen and oxygen atoms in total. The third-order valence-corrected chi connectivity index (χ3v) is 6.53. The molecule has 2 heteroatoms. The van der Waals surface area contributed by atoms with Gasteiger partial charge in [0, 0.05) is 24.4 Å². The van der Waals surface area contributed by atoms with Gasteiger partial charge in [0.15, 0.2) is 0 Å². The van der Waals surface area contributed by atoms with E-state index in [0.717, 1.165) is 18.5 Å². The first-order valence-corrected chi connectivity index (χ1v) is 8.93. The normalized spacial score (nSPS) is 41.8. The first-order valence-electron chi connectivity index (χ1n) is 8.93. The minimum atomic E-state index is 0.408. The average Bonchev–Trinajstić information content (AvgIpc) is 2.68. The molecule has 0 spiro atoms. The molecule has 1 saturated carbocycles. The van der Waals surface area contributed by atoms with Crippen LogP contribution in [0.25, 0.3) is 0 Å². The summed E-state index contributed by atoms with van der Waals surface area (Å²) in [4.78, 5) is 15.3. The van der Waals surface area contributed by atoms with Crippen LogP contribution in [0.5, 0.6) is 0 Å². The largest absolute Gasteiger partial charge is 0.300 e. The van der Waals surface area contributed by atoms with Crippen molar-refractivity contribution in [3.8, 4) is 0 Å². The lowest BCUT2D eigenvalue weighted by Crippen LogP contribution is -2.41. The van der Waals surface area contributed by atoms with Crippen LogP contribution in [0.4, 0.5) is 0 Å². The van der Waals surface area contributed by atoms with Crippen molar-refractivity contribution < 1.29 is 4.79 Å². The molecule has 2 saturated heterocycles. The molecule has 2 heterocycles. The smallest absolute Gasteiger partial charge is 0.136 e. The maximum Gasteiger partial charge on any atom is 0.136 e. The van der Waals surface area contributed by atoms with Crippen molar-refractivity contribution in [1.82, 2.24) is 4.90 Å². The van der Waals surface area contributed by atoms with E-state index in [4.69, 9.17) is 0 Å². The standard InChI is InChI=1S/C18H31NO/c1-3-14-6-4-5-7-17(14)18(20)12-13-10-15-8-9-16(11-13)19(15)2/h13-17H,3-12H2,1-2H3/t13?,14-,15-,16+,17-/m1/s1. The maximum absolute atomic E-state index is 12.7. The summed E-state index contributed by atoms with van der Waals surface area (Å²) < 4.78 is 0. The number of ketones is 1. The molecule has 0 radical (unpaired) electrons. The fourth-order valence-electron chi connectivity index (χ4n) is 5.25. The zero-order valence-electron chi connectivity index (χ0n) is 13.3. The Labute approximate surface area is 124 Å². The van der Waals surface area contributed by atoms with Crippen molar-refractivity contribution in [1.29, 1.82) is 0 Å². The predicted molar refractivity (Wildman–Crippen MR) is 82.7 cm³/mol. The Bertz CT molecular complexity index is 339. The highest BCUT2D eigenvalue weighted by atomic mass is 16.1. The Hall–Kier alpha value is -0.370. The van der Waals surface area contributed by atoms with Crippen molar-refractivity contribution in [2.45, 2.75) is 83.2 Å². The molecule has 1 unspecified atom stereocenters. The number of nitrogens with zero attached hydrogens (tertiary/aromatic N) is 1. The number of piperidine rings is 1. The predicted octanol–water partition coefficient (Wildman–Crippen LogP) is 4.03. The van der Waals surface area contributed by atoms with Gasteiger partial charge in [-0.1, -0.05) is 26.2 Å². The first-order chi connectivity index (χ1) is 9.69. The van der Waals surface area contributed by atoms with Crippen LogP contribution in [0.1, 0.15) is 71.1 Å². The molecular formula is C18H31NO. The molecule has 3 fully saturated rings. The third kappa shape index (κ3) is 2.81. The Morgan fingerprint density at radius 3 is 2.35 bits per heavy atom. The van der Waals surface area contributed by atoms with Gasteiger partial charge in [-0.05, 0) is 57.4 Å². The number of hydrogen-bond acceptors (Lipinski definition) is 2. The number of rotatable bonds is 4. The Kier molecular flexibility index (Phi) is 4.49. The van der Waals surface area contributed by atoms with E-state index in [2.05, 4.69) is 18.9 Å². The van der Waals surface area contributed by atoms with Gasteiger partial charge in [0.2, 0.25) is 0 Å². The van der Waals surface area contributed by atoms with Crippen LogP contribution >= 0.6 is 0 Å². The van der Waals surface area contributed by atoms with Gasteiger partial charge in [-0.15, -0.1) is 0 Å². The number of hydrogen-bond donors (Lipinski definition) is 0. The van der Waals surface area contributed by atoms with Crippen LogP contribution in [0.3, 0.4) is 0 Å². The molecule has 5 atom stereocenters. The minimum Gasteiger partial charge on any atom is -0.300 e. The van der Waals surface area contributed by atoms with E-state index in [1.807, 2.05) is 0 Å². The second-order valence-corrected chi connectivity index (χ2v) is 7.62. The number of Topliss-reactive ketones (excluding diaryl/α,β-unsaturated/α-hetero) is 1. The molecule has 1 aliphatic carbocycles. The zero-order valence-corrected chi connectivity index (χ0v) is 13.3. The summed E-state index contributed by atoms with van der Waals surface area (Å²) in [7, 11) is 2.29. The highest BCUT2D eigenvalue weighted by Crippen LogP contribution is 2.40. The molecule has 0 N–H and O–H groups in total. The van der Waals surface area contributed by atoms with Crippen LogP contribution in [0.15, 0.2) is 0 Å². The van der Waals surface area contributed by atoms with Gasteiger partial charge in [0.1, 0.15) is 5.78 Å². The molecule has 3 rings (SSSR count). The van der Waals surface area contributed by atoms with Crippen molar-refractivity contribution >= 4 is 5.78 Å². The molecule has 0 aromatic rings. The number of carbonyl (C=O) groups is 1. The van der Waals surface area contributed by atoms with E-state index in [1.54, 1.807) is 0 Å². The number of carbonyl (C=O) groups excluding carboxylic acids is 1. The first kappa shape index (κ1) is 14.6. The topological polar surface area (TPSA) is 20.3 Å². The molecule has 0 aromatic carbocycles. The quantitative estimate of drug-likeness (QED) is 0.773. The molecule has 2 bridgehead atoms. The average molecular weight is 277 g/mol. The van der Waals surface area contributed by atoms with E-state index in [9.17, 15) is 4.79 Å². The van der Waals surface area contributed by atoms with Gasteiger partial charge < -0.3 is 4.90 Å². The van der Waals surface area contributed by atoms with Gasteiger partial charge in [-0.25, -0.2) is 0 Å². The molecule has 20 heavy (non-hydrogen) atoms. The maximum atomic E-state index is 12.7. The summed E-state index contributed by atoms with van der Waals surface area (Å²) in [5, 5.41) is 0. The van der Waals surface area contributed by atoms with E-state index < -0.39 is 0 Å².